The third-order valence-corrected chi connectivity index (χ3v) is 4.54. The van der Waals surface area contributed by atoms with Gasteiger partial charge in [0.2, 0.25) is 0 Å². The molecule has 0 radical (unpaired) electrons. The summed E-state index contributed by atoms with van der Waals surface area (Å²) in [5.74, 6) is -1.13. The Balaban J connectivity index is 1.94. The van der Waals surface area contributed by atoms with Gasteiger partial charge in [-0.15, -0.1) is 0 Å². The Morgan fingerprint density at radius 2 is 1.72 bits per heavy atom. The maximum atomic E-state index is 12.1. The molecule has 0 fully saturated rings. The first kappa shape index (κ1) is 19.3. The van der Waals surface area contributed by atoms with E-state index in [1.165, 1.54) is 17.7 Å². The molecule has 0 spiro atoms. The minimum absolute atomic E-state index is 0.0563. The van der Waals surface area contributed by atoms with Crippen LogP contribution in [0, 0.1) is 13.8 Å². The number of nitrogens with one attached hydrogen (secondary N) is 1. The van der Waals surface area contributed by atoms with Gasteiger partial charge in [-0.3, -0.25) is 4.79 Å². The third-order valence-electron chi connectivity index (χ3n) is 3.91. The number of esters is 1. The molecule has 0 aliphatic carbocycles. The van der Waals surface area contributed by atoms with Gasteiger partial charge in [-0.25, -0.2) is 4.79 Å². The van der Waals surface area contributed by atoms with Crippen molar-refractivity contribution in [3.63, 3.8) is 0 Å². The monoisotopic (exact) mass is 379 g/mol. The van der Waals surface area contributed by atoms with Gasteiger partial charge in [0.05, 0.1) is 21.7 Å². The highest BCUT2D eigenvalue weighted by Crippen LogP contribution is 2.25. The number of carbonyl (C=O) groups excluding carboxylic acids is 2. The first-order valence-electron chi connectivity index (χ1n) is 7.77. The fourth-order valence-electron chi connectivity index (χ4n) is 2.30. The molecule has 0 aliphatic rings. The van der Waals surface area contributed by atoms with Crippen molar-refractivity contribution in [1.29, 1.82) is 0 Å². The van der Waals surface area contributed by atoms with Crippen molar-refractivity contribution in [3.8, 4) is 0 Å². The van der Waals surface area contributed by atoms with E-state index in [1.807, 2.05) is 39.0 Å². The van der Waals surface area contributed by atoms with Crippen molar-refractivity contribution >= 4 is 35.1 Å². The van der Waals surface area contributed by atoms with Gasteiger partial charge in [-0.1, -0.05) is 47.5 Å². The number of aryl methyl sites for hydroxylation is 2. The molecule has 0 aliphatic heterocycles. The lowest BCUT2D eigenvalue weighted by atomic mass is 10.0. The van der Waals surface area contributed by atoms with Gasteiger partial charge in [0.1, 0.15) is 0 Å². The molecule has 1 N–H and O–H groups in total. The molecular weight excluding hydrogens is 361 g/mol. The standard InChI is InChI=1S/C19H19Cl2NO3/c1-11-7-8-14(9-12(11)2)13(3)22-17(23)10-25-19(24)18-15(20)5-4-6-16(18)21/h4-9,13H,10H2,1-3H3,(H,22,23)/t13-/m1/s1. The Morgan fingerprint density at radius 1 is 1.08 bits per heavy atom. The normalized spacial score (nSPS) is 11.7. The molecule has 0 bridgehead atoms. The molecular formula is C19H19Cl2NO3. The Labute approximate surface area is 157 Å². The van der Waals surface area contributed by atoms with Gasteiger partial charge in [0.15, 0.2) is 6.61 Å². The second kappa shape index (κ2) is 8.37. The zero-order valence-electron chi connectivity index (χ0n) is 14.2. The largest absolute Gasteiger partial charge is 0.452 e. The number of rotatable bonds is 5. The van der Waals surface area contributed by atoms with E-state index < -0.39 is 18.5 Å². The highest BCUT2D eigenvalue weighted by atomic mass is 35.5. The zero-order chi connectivity index (χ0) is 18.6. The molecule has 6 heteroatoms. The number of halogens is 2. The predicted octanol–water partition coefficient (Wildman–Crippen LogP) is 4.64. The number of hydrogen-bond donors (Lipinski definition) is 1. The highest BCUT2D eigenvalue weighted by Gasteiger charge is 2.18. The number of carbonyl (C=O) groups is 2. The van der Waals surface area contributed by atoms with Crippen molar-refractivity contribution < 1.29 is 14.3 Å². The van der Waals surface area contributed by atoms with Crippen LogP contribution in [0.1, 0.15) is 40.0 Å². The van der Waals surface area contributed by atoms with Crippen LogP contribution in [-0.4, -0.2) is 18.5 Å². The molecule has 25 heavy (non-hydrogen) atoms. The zero-order valence-corrected chi connectivity index (χ0v) is 15.7. The summed E-state index contributed by atoms with van der Waals surface area (Å²) in [6.07, 6.45) is 0. The third kappa shape index (κ3) is 4.97. The van der Waals surface area contributed by atoms with Gasteiger partial charge < -0.3 is 10.1 Å². The Hall–Kier alpha value is -2.04. The molecule has 132 valence electrons. The average molecular weight is 380 g/mol. The van der Waals surface area contributed by atoms with E-state index in [0.29, 0.717) is 0 Å². The van der Waals surface area contributed by atoms with Crippen LogP contribution in [0.2, 0.25) is 10.0 Å². The van der Waals surface area contributed by atoms with Crippen LogP contribution in [0.15, 0.2) is 36.4 Å². The molecule has 0 unspecified atom stereocenters. The Morgan fingerprint density at radius 3 is 2.32 bits per heavy atom. The van der Waals surface area contributed by atoms with Gasteiger partial charge in [-0.05, 0) is 49.6 Å². The molecule has 0 saturated heterocycles. The number of hydrogen-bond acceptors (Lipinski definition) is 3. The predicted molar refractivity (Wildman–Crippen MR) is 99.2 cm³/mol. The molecule has 0 heterocycles. The first-order chi connectivity index (χ1) is 11.8. The van der Waals surface area contributed by atoms with Crippen LogP contribution in [0.3, 0.4) is 0 Å². The van der Waals surface area contributed by atoms with E-state index in [9.17, 15) is 9.59 Å². The number of amides is 1. The minimum Gasteiger partial charge on any atom is -0.452 e. The van der Waals surface area contributed by atoms with Crippen LogP contribution in [0.4, 0.5) is 0 Å². The topological polar surface area (TPSA) is 55.4 Å². The fourth-order valence-corrected chi connectivity index (χ4v) is 2.85. The van der Waals surface area contributed by atoms with E-state index in [1.54, 1.807) is 6.07 Å². The summed E-state index contributed by atoms with van der Waals surface area (Å²) in [4.78, 5) is 24.1. The lowest BCUT2D eigenvalue weighted by Gasteiger charge is -2.16. The van der Waals surface area contributed by atoms with Crippen LogP contribution >= 0.6 is 23.2 Å². The van der Waals surface area contributed by atoms with Gasteiger partial charge in [0, 0.05) is 0 Å². The van der Waals surface area contributed by atoms with Crippen LogP contribution in [0.5, 0.6) is 0 Å². The highest BCUT2D eigenvalue weighted by molar-refractivity contribution is 6.39. The van der Waals surface area contributed by atoms with Gasteiger partial charge in [0.25, 0.3) is 5.91 Å². The molecule has 4 nitrogen and oxygen atoms in total. The first-order valence-corrected chi connectivity index (χ1v) is 8.53. The average Bonchev–Trinajstić information content (AvgIpc) is 2.55. The molecule has 1 amide bonds. The molecule has 0 saturated carbocycles. The molecule has 2 rings (SSSR count). The quantitative estimate of drug-likeness (QED) is 0.769. The smallest absolute Gasteiger partial charge is 0.341 e. The second-order valence-corrected chi connectivity index (χ2v) is 6.62. The summed E-state index contributed by atoms with van der Waals surface area (Å²) in [7, 11) is 0. The summed E-state index contributed by atoms with van der Waals surface area (Å²) in [5, 5.41) is 3.16. The summed E-state index contributed by atoms with van der Waals surface area (Å²) >= 11 is 11.9. The second-order valence-electron chi connectivity index (χ2n) is 5.81. The van der Waals surface area contributed by atoms with E-state index in [4.69, 9.17) is 27.9 Å². The van der Waals surface area contributed by atoms with Crippen molar-refractivity contribution in [2.24, 2.45) is 0 Å². The maximum absolute atomic E-state index is 12.1. The van der Waals surface area contributed by atoms with E-state index >= 15 is 0 Å². The Kier molecular flexibility index (Phi) is 6.45. The van der Waals surface area contributed by atoms with Crippen LogP contribution in [-0.2, 0) is 9.53 Å². The van der Waals surface area contributed by atoms with Crippen molar-refractivity contribution in [3.05, 3.63) is 68.7 Å². The van der Waals surface area contributed by atoms with Gasteiger partial charge in [-0.2, -0.15) is 0 Å². The number of ether oxygens (including phenoxy) is 1. The summed E-state index contributed by atoms with van der Waals surface area (Å²) < 4.78 is 5.01. The molecule has 2 aromatic rings. The van der Waals surface area contributed by atoms with Crippen molar-refractivity contribution in [2.75, 3.05) is 6.61 Å². The minimum atomic E-state index is -0.732. The van der Waals surface area contributed by atoms with Gasteiger partial charge >= 0.3 is 5.97 Å². The summed E-state index contributed by atoms with van der Waals surface area (Å²) in [6, 6.07) is 10.5. The maximum Gasteiger partial charge on any atom is 0.341 e. The molecule has 1 atom stereocenters. The van der Waals surface area contributed by atoms with E-state index in [2.05, 4.69) is 5.32 Å². The summed E-state index contributed by atoms with van der Waals surface area (Å²) in [5.41, 5.74) is 3.38. The van der Waals surface area contributed by atoms with Crippen molar-refractivity contribution in [1.82, 2.24) is 5.32 Å². The molecule has 2 aromatic carbocycles. The van der Waals surface area contributed by atoms with Crippen molar-refractivity contribution in [2.45, 2.75) is 26.8 Å². The fraction of sp³-hybridized carbons (Fsp3) is 0.263. The Bertz CT molecular complexity index is 785. The lowest BCUT2D eigenvalue weighted by molar-refractivity contribution is -0.124. The molecule has 0 aromatic heterocycles. The summed E-state index contributed by atoms with van der Waals surface area (Å²) in [6.45, 7) is 5.51. The van der Waals surface area contributed by atoms with E-state index in [0.717, 1.165) is 11.1 Å². The number of benzene rings is 2. The van der Waals surface area contributed by atoms with E-state index in [-0.39, 0.29) is 21.7 Å². The SMILES string of the molecule is Cc1ccc([C@@H](C)NC(=O)COC(=O)c2c(Cl)cccc2Cl)cc1C. The van der Waals surface area contributed by atoms with Crippen LogP contribution < -0.4 is 5.32 Å². The lowest BCUT2D eigenvalue weighted by Crippen LogP contribution is -2.31. The van der Waals surface area contributed by atoms with Crippen LogP contribution in [0.25, 0.3) is 0 Å².